The lowest BCUT2D eigenvalue weighted by atomic mass is 10.1. The van der Waals surface area contributed by atoms with Crippen LogP contribution < -0.4 is 10.4 Å². The average molecular weight is 320 g/mol. The first-order chi connectivity index (χ1) is 11.1. The molecule has 0 fully saturated rings. The van der Waals surface area contributed by atoms with Gasteiger partial charge in [-0.1, -0.05) is 6.07 Å². The van der Waals surface area contributed by atoms with Crippen molar-refractivity contribution in [1.82, 2.24) is 19.3 Å². The SMILES string of the molecule is COc1ccc(Cn2nc3n(c2=O)[C@@H](OC(=O)O)CCC3)cn1. The maximum Gasteiger partial charge on any atom is 0.507 e. The normalized spacial score (nSPS) is 16.7. The Bertz CT molecular complexity index is 764. The second-order valence-corrected chi connectivity index (χ2v) is 5.17. The molecular formula is C14H16N4O5. The molecule has 0 aliphatic carbocycles. The first-order valence-electron chi connectivity index (χ1n) is 7.15. The number of hydrogen-bond donors (Lipinski definition) is 1. The van der Waals surface area contributed by atoms with Gasteiger partial charge in [0.2, 0.25) is 5.88 Å². The van der Waals surface area contributed by atoms with Crippen molar-refractivity contribution in [3.05, 3.63) is 40.2 Å². The lowest BCUT2D eigenvalue weighted by Gasteiger charge is -2.21. The Kier molecular flexibility index (Phi) is 4.00. The second kappa shape index (κ2) is 6.11. The fourth-order valence-electron chi connectivity index (χ4n) is 2.62. The lowest BCUT2D eigenvalue weighted by Crippen LogP contribution is -2.33. The van der Waals surface area contributed by atoms with E-state index in [1.54, 1.807) is 18.3 Å². The molecule has 3 rings (SSSR count). The molecule has 0 saturated carbocycles. The summed E-state index contributed by atoms with van der Waals surface area (Å²) in [5.41, 5.74) is 0.404. The molecule has 1 aliphatic rings. The monoisotopic (exact) mass is 320 g/mol. The molecule has 0 unspecified atom stereocenters. The summed E-state index contributed by atoms with van der Waals surface area (Å²) in [7, 11) is 1.53. The molecule has 0 amide bonds. The minimum absolute atomic E-state index is 0.246. The van der Waals surface area contributed by atoms with Crippen molar-refractivity contribution in [2.75, 3.05) is 7.11 Å². The largest absolute Gasteiger partial charge is 0.507 e. The molecule has 0 aromatic carbocycles. The first kappa shape index (κ1) is 15.1. The van der Waals surface area contributed by atoms with E-state index in [0.717, 1.165) is 12.0 Å². The molecule has 2 aromatic rings. The van der Waals surface area contributed by atoms with E-state index in [0.29, 0.717) is 24.5 Å². The van der Waals surface area contributed by atoms with Gasteiger partial charge in [-0.05, 0) is 12.0 Å². The Morgan fingerprint density at radius 1 is 1.48 bits per heavy atom. The predicted molar refractivity (Wildman–Crippen MR) is 77.5 cm³/mol. The summed E-state index contributed by atoms with van der Waals surface area (Å²) in [6.45, 7) is 0.246. The third-order valence-corrected chi connectivity index (χ3v) is 3.66. The van der Waals surface area contributed by atoms with Gasteiger partial charge in [-0.25, -0.2) is 23.8 Å². The zero-order chi connectivity index (χ0) is 16.4. The van der Waals surface area contributed by atoms with E-state index in [4.69, 9.17) is 14.6 Å². The van der Waals surface area contributed by atoms with Crippen molar-refractivity contribution >= 4 is 6.16 Å². The number of fused-ring (bicyclic) bond motifs is 1. The molecule has 23 heavy (non-hydrogen) atoms. The summed E-state index contributed by atoms with van der Waals surface area (Å²) in [5.74, 6) is 1.02. The fraction of sp³-hybridized carbons (Fsp3) is 0.429. The van der Waals surface area contributed by atoms with Crippen molar-refractivity contribution in [3.63, 3.8) is 0 Å². The van der Waals surface area contributed by atoms with Gasteiger partial charge in [-0.3, -0.25) is 0 Å². The molecule has 0 saturated heterocycles. The van der Waals surface area contributed by atoms with Crippen LogP contribution in [0.25, 0.3) is 0 Å². The summed E-state index contributed by atoms with van der Waals surface area (Å²) >= 11 is 0. The first-order valence-corrected chi connectivity index (χ1v) is 7.15. The summed E-state index contributed by atoms with van der Waals surface area (Å²) < 4.78 is 12.4. The van der Waals surface area contributed by atoms with Gasteiger partial charge < -0.3 is 14.6 Å². The highest BCUT2D eigenvalue weighted by Crippen LogP contribution is 2.23. The molecular weight excluding hydrogens is 304 g/mol. The van der Waals surface area contributed by atoms with Gasteiger partial charge in [0.05, 0.1) is 13.7 Å². The number of aromatic nitrogens is 4. The third kappa shape index (κ3) is 3.03. The van der Waals surface area contributed by atoms with Gasteiger partial charge in [0.25, 0.3) is 0 Å². The fourth-order valence-corrected chi connectivity index (χ4v) is 2.62. The standard InChI is InChI=1S/C14H16N4O5/c1-22-11-6-5-9(7-15-11)8-17-13(19)18-10(16-17)3-2-4-12(18)23-14(20)21/h5-7,12H,2-4,8H2,1H3,(H,20,21)/t12-/m0/s1. The van der Waals surface area contributed by atoms with Crippen LogP contribution in [-0.2, 0) is 17.7 Å². The number of methoxy groups -OCH3 is 1. The molecule has 9 heteroatoms. The van der Waals surface area contributed by atoms with Crippen LogP contribution in [0, 0.1) is 0 Å². The number of carbonyl (C=O) groups is 1. The van der Waals surface area contributed by atoms with Crippen molar-refractivity contribution in [2.24, 2.45) is 0 Å². The molecule has 1 atom stereocenters. The molecule has 122 valence electrons. The number of ether oxygens (including phenoxy) is 2. The molecule has 2 aromatic heterocycles. The van der Waals surface area contributed by atoms with Crippen molar-refractivity contribution < 1.29 is 19.4 Å². The van der Waals surface area contributed by atoms with Crippen LogP contribution >= 0.6 is 0 Å². The van der Waals surface area contributed by atoms with E-state index in [1.807, 2.05) is 0 Å². The number of pyridine rings is 1. The predicted octanol–water partition coefficient (Wildman–Crippen LogP) is 1.03. The Hall–Kier alpha value is -2.84. The van der Waals surface area contributed by atoms with Gasteiger partial charge in [0.1, 0.15) is 5.82 Å². The van der Waals surface area contributed by atoms with Gasteiger partial charge in [0, 0.05) is 25.1 Å². The highest BCUT2D eigenvalue weighted by atomic mass is 16.7. The molecule has 1 N–H and O–H groups in total. The van der Waals surface area contributed by atoms with Crippen molar-refractivity contribution in [1.29, 1.82) is 0 Å². The minimum atomic E-state index is -1.40. The molecule has 9 nitrogen and oxygen atoms in total. The maximum absolute atomic E-state index is 12.5. The summed E-state index contributed by atoms with van der Waals surface area (Å²) in [5, 5.41) is 13.1. The highest BCUT2D eigenvalue weighted by Gasteiger charge is 2.28. The molecule has 0 bridgehead atoms. The van der Waals surface area contributed by atoms with Crippen molar-refractivity contribution in [3.8, 4) is 5.88 Å². The minimum Gasteiger partial charge on any atom is -0.481 e. The van der Waals surface area contributed by atoms with Crippen LogP contribution in [0.3, 0.4) is 0 Å². The summed E-state index contributed by atoms with van der Waals surface area (Å²) in [6.07, 6.45) is 1.19. The van der Waals surface area contributed by atoms with Crippen LogP contribution in [0.4, 0.5) is 4.79 Å². The van der Waals surface area contributed by atoms with Crippen LogP contribution in [0.15, 0.2) is 23.1 Å². The zero-order valence-corrected chi connectivity index (χ0v) is 12.5. The summed E-state index contributed by atoms with van der Waals surface area (Å²) in [6, 6.07) is 3.49. The number of aryl methyl sites for hydroxylation is 1. The number of hydrogen-bond acceptors (Lipinski definition) is 6. The summed E-state index contributed by atoms with van der Waals surface area (Å²) in [4.78, 5) is 27.3. The van der Waals surface area contributed by atoms with Crippen LogP contribution in [0.2, 0.25) is 0 Å². The van der Waals surface area contributed by atoms with Crippen LogP contribution in [-0.4, -0.2) is 37.7 Å². The van der Waals surface area contributed by atoms with E-state index < -0.39 is 12.4 Å². The maximum atomic E-state index is 12.5. The van der Waals surface area contributed by atoms with E-state index in [-0.39, 0.29) is 12.2 Å². The Labute approximate surface area is 131 Å². The topological polar surface area (TPSA) is 108 Å². The average Bonchev–Trinajstić information content (AvgIpc) is 2.85. The highest BCUT2D eigenvalue weighted by molar-refractivity contribution is 5.56. The number of carboxylic acid groups (broad SMARTS) is 1. The van der Waals surface area contributed by atoms with Gasteiger partial charge in [-0.2, -0.15) is 5.10 Å². The number of rotatable bonds is 4. The Morgan fingerprint density at radius 3 is 2.96 bits per heavy atom. The number of nitrogens with zero attached hydrogens (tertiary/aromatic N) is 4. The van der Waals surface area contributed by atoms with Crippen LogP contribution in [0.1, 0.15) is 30.5 Å². The van der Waals surface area contributed by atoms with Crippen LogP contribution in [0.5, 0.6) is 5.88 Å². The van der Waals surface area contributed by atoms with E-state index >= 15 is 0 Å². The third-order valence-electron chi connectivity index (χ3n) is 3.66. The van der Waals surface area contributed by atoms with Gasteiger partial charge in [0.15, 0.2) is 6.23 Å². The Balaban J connectivity index is 1.88. The quantitative estimate of drug-likeness (QED) is 0.838. The Morgan fingerprint density at radius 2 is 2.30 bits per heavy atom. The smallest absolute Gasteiger partial charge is 0.481 e. The van der Waals surface area contributed by atoms with Gasteiger partial charge in [-0.15, -0.1) is 0 Å². The van der Waals surface area contributed by atoms with E-state index in [9.17, 15) is 9.59 Å². The second-order valence-electron chi connectivity index (χ2n) is 5.17. The molecule has 0 spiro atoms. The van der Waals surface area contributed by atoms with E-state index in [1.165, 1.54) is 16.4 Å². The molecule has 0 radical (unpaired) electrons. The molecule has 1 aliphatic heterocycles. The molecule has 3 heterocycles. The van der Waals surface area contributed by atoms with E-state index in [2.05, 4.69) is 10.1 Å². The van der Waals surface area contributed by atoms with Crippen molar-refractivity contribution in [2.45, 2.75) is 32.0 Å². The lowest BCUT2D eigenvalue weighted by molar-refractivity contribution is 0.00392. The zero-order valence-electron chi connectivity index (χ0n) is 12.5. The van der Waals surface area contributed by atoms with Gasteiger partial charge >= 0.3 is 11.8 Å².